The van der Waals surface area contributed by atoms with E-state index in [0.717, 1.165) is 50.0 Å². The Hall–Kier alpha value is -1.36. The molecule has 0 spiro atoms. The standard InChI is InChI=1S/C11H16N4O/c12-7-4-5-15(6-7)11-13-9-3-1-2-8(9)10(16)14-11/h7H,1-6,12H2,(H,13,14,16)/t7-/m1/s1. The molecule has 16 heavy (non-hydrogen) atoms. The first-order valence-corrected chi connectivity index (χ1v) is 5.86. The third-order valence-corrected chi connectivity index (χ3v) is 3.45. The maximum absolute atomic E-state index is 11.8. The molecule has 1 saturated heterocycles. The van der Waals surface area contributed by atoms with Gasteiger partial charge in [0.1, 0.15) is 0 Å². The van der Waals surface area contributed by atoms with E-state index in [-0.39, 0.29) is 11.6 Å². The van der Waals surface area contributed by atoms with E-state index in [1.165, 1.54) is 0 Å². The van der Waals surface area contributed by atoms with Crippen molar-refractivity contribution in [2.75, 3.05) is 18.0 Å². The van der Waals surface area contributed by atoms with Gasteiger partial charge in [-0.05, 0) is 25.7 Å². The maximum atomic E-state index is 11.8. The van der Waals surface area contributed by atoms with Crippen molar-refractivity contribution in [2.24, 2.45) is 5.73 Å². The second kappa shape index (κ2) is 3.59. The van der Waals surface area contributed by atoms with Crippen LogP contribution in [0.4, 0.5) is 5.95 Å². The minimum absolute atomic E-state index is 0.0398. The first-order chi connectivity index (χ1) is 7.74. The normalized spacial score (nSPS) is 23.8. The summed E-state index contributed by atoms with van der Waals surface area (Å²) < 4.78 is 0. The quantitative estimate of drug-likeness (QED) is 0.687. The first kappa shape index (κ1) is 9.84. The van der Waals surface area contributed by atoms with Gasteiger partial charge in [0.05, 0.1) is 5.69 Å². The van der Waals surface area contributed by atoms with Crippen molar-refractivity contribution in [3.8, 4) is 0 Å². The molecule has 0 aromatic carbocycles. The zero-order valence-electron chi connectivity index (χ0n) is 9.20. The fourth-order valence-corrected chi connectivity index (χ4v) is 2.56. The number of hydrogen-bond acceptors (Lipinski definition) is 4. The molecule has 86 valence electrons. The number of nitrogens with zero attached hydrogens (tertiary/aromatic N) is 2. The summed E-state index contributed by atoms with van der Waals surface area (Å²) >= 11 is 0. The first-order valence-electron chi connectivity index (χ1n) is 5.86. The molecule has 1 atom stereocenters. The molecule has 2 heterocycles. The van der Waals surface area contributed by atoms with Gasteiger partial charge in [-0.2, -0.15) is 0 Å². The summed E-state index contributed by atoms with van der Waals surface area (Å²) in [6.45, 7) is 1.69. The largest absolute Gasteiger partial charge is 0.341 e. The van der Waals surface area contributed by atoms with Gasteiger partial charge >= 0.3 is 0 Å². The monoisotopic (exact) mass is 220 g/mol. The Balaban J connectivity index is 1.97. The molecule has 3 rings (SSSR count). The van der Waals surface area contributed by atoms with Crippen LogP contribution in [0.1, 0.15) is 24.1 Å². The lowest BCUT2D eigenvalue weighted by Gasteiger charge is -2.16. The number of nitrogens with two attached hydrogens (primary N) is 1. The number of H-pyrrole nitrogens is 1. The Morgan fingerprint density at radius 2 is 2.31 bits per heavy atom. The van der Waals surface area contributed by atoms with Gasteiger partial charge < -0.3 is 10.6 Å². The number of nitrogens with one attached hydrogen (secondary N) is 1. The Bertz CT molecular complexity index is 468. The van der Waals surface area contributed by atoms with Crippen LogP contribution in [0, 0.1) is 0 Å². The summed E-state index contributed by atoms with van der Waals surface area (Å²) in [5.41, 5.74) is 7.76. The number of anilines is 1. The summed E-state index contributed by atoms with van der Waals surface area (Å²) in [5.74, 6) is 0.707. The number of hydrogen-bond donors (Lipinski definition) is 2. The Morgan fingerprint density at radius 3 is 3.06 bits per heavy atom. The van der Waals surface area contributed by atoms with Gasteiger partial charge in [-0.3, -0.25) is 9.78 Å². The molecule has 5 nitrogen and oxygen atoms in total. The molecule has 1 aromatic heterocycles. The van der Waals surface area contributed by atoms with Crippen LogP contribution >= 0.6 is 0 Å². The van der Waals surface area contributed by atoms with Gasteiger partial charge in [-0.25, -0.2) is 4.98 Å². The summed E-state index contributed by atoms with van der Waals surface area (Å²) in [7, 11) is 0. The van der Waals surface area contributed by atoms with Crippen LogP contribution in [0.3, 0.4) is 0 Å². The minimum atomic E-state index is 0.0398. The van der Waals surface area contributed by atoms with E-state index < -0.39 is 0 Å². The molecular formula is C11H16N4O. The molecule has 0 amide bonds. The van der Waals surface area contributed by atoms with Crippen LogP contribution in [0.15, 0.2) is 4.79 Å². The lowest BCUT2D eigenvalue weighted by Crippen LogP contribution is -2.30. The maximum Gasteiger partial charge on any atom is 0.255 e. The van der Waals surface area contributed by atoms with Crippen molar-refractivity contribution < 1.29 is 0 Å². The predicted molar refractivity (Wildman–Crippen MR) is 61.7 cm³/mol. The lowest BCUT2D eigenvalue weighted by molar-refractivity contribution is 0.749. The van der Waals surface area contributed by atoms with Crippen molar-refractivity contribution >= 4 is 5.95 Å². The molecule has 1 fully saturated rings. The average molecular weight is 220 g/mol. The van der Waals surface area contributed by atoms with E-state index in [4.69, 9.17) is 5.73 Å². The van der Waals surface area contributed by atoms with Crippen LogP contribution < -0.4 is 16.2 Å². The number of aromatic amines is 1. The molecule has 0 bridgehead atoms. The summed E-state index contributed by atoms with van der Waals surface area (Å²) in [5, 5.41) is 0. The topological polar surface area (TPSA) is 75.0 Å². The highest BCUT2D eigenvalue weighted by Gasteiger charge is 2.24. The fourth-order valence-electron chi connectivity index (χ4n) is 2.56. The van der Waals surface area contributed by atoms with E-state index in [1.807, 2.05) is 0 Å². The van der Waals surface area contributed by atoms with Crippen molar-refractivity contribution in [3.63, 3.8) is 0 Å². The lowest BCUT2D eigenvalue weighted by atomic mass is 10.3. The number of rotatable bonds is 1. The van der Waals surface area contributed by atoms with Crippen LogP contribution in [-0.4, -0.2) is 29.1 Å². The van der Waals surface area contributed by atoms with Crippen LogP contribution in [0.2, 0.25) is 0 Å². The molecule has 0 saturated carbocycles. The Kier molecular flexibility index (Phi) is 2.21. The Labute approximate surface area is 93.7 Å². The summed E-state index contributed by atoms with van der Waals surface area (Å²) in [6.07, 6.45) is 3.83. The van der Waals surface area contributed by atoms with E-state index in [1.54, 1.807) is 0 Å². The second-order valence-electron chi connectivity index (χ2n) is 4.66. The number of aromatic nitrogens is 2. The van der Waals surface area contributed by atoms with Crippen LogP contribution in [0.25, 0.3) is 0 Å². The zero-order chi connectivity index (χ0) is 11.1. The molecule has 1 aromatic rings. The average Bonchev–Trinajstić information content (AvgIpc) is 2.85. The molecule has 1 aliphatic heterocycles. The van der Waals surface area contributed by atoms with E-state index in [9.17, 15) is 4.79 Å². The van der Waals surface area contributed by atoms with Crippen LogP contribution in [0.5, 0.6) is 0 Å². The van der Waals surface area contributed by atoms with Crippen molar-refractivity contribution in [1.82, 2.24) is 9.97 Å². The van der Waals surface area contributed by atoms with E-state index >= 15 is 0 Å². The summed E-state index contributed by atoms with van der Waals surface area (Å²) in [6, 6.07) is 0.207. The van der Waals surface area contributed by atoms with E-state index in [0.29, 0.717) is 5.95 Å². The van der Waals surface area contributed by atoms with Gasteiger partial charge in [0, 0.05) is 24.7 Å². The highest BCUT2D eigenvalue weighted by Crippen LogP contribution is 2.20. The molecule has 5 heteroatoms. The molecule has 1 aliphatic carbocycles. The zero-order valence-corrected chi connectivity index (χ0v) is 9.20. The fraction of sp³-hybridized carbons (Fsp3) is 0.636. The summed E-state index contributed by atoms with van der Waals surface area (Å²) in [4.78, 5) is 21.3. The third-order valence-electron chi connectivity index (χ3n) is 3.45. The SMILES string of the molecule is N[C@@H]1CCN(c2nc3c(c(=O)[nH]2)CCC3)C1. The third kappa shape index (κ3) is 1.51. The smallest absolute Gasteiger partial charge is 0.255 e. The second-order valence-corrected chi connectivity index (χ2v) is 4.66. The molecular weight excluding hydrogens is 204 g/mol. The van der Waals surface area contributed by atoms with Gasteiger partial charge in [-0.15, -0.1) is 0 Å². The number of fused-ring (bicyclic) bond motifs is 1. The van der Waals surface area contributed by atoms with Gasteiger partial charge in [0.2, 0.25) is 5.95 Å². The van der Waals surface area contributed by atoms with Gasteiger partial charge in [-0.1, -0.05) is 0 Å². The van der Waals surface area contributed by atoms with E-state index in [2.05, 4.69) is 14.9 Å². The van der Waals surface area contributed by atoms with Crippen LogP contribution in [-0.2, 0) is 12.8 Å². The molecule has 0 unspecified atom stereocenters. The Morgan fingerprint density at radius 1 is 1.44 bits per heavy atom. The highest BCUT2D eigenvalue weighted by molar-refractivity contribution is 5.36. The van der Waals surface area contributed by atoms with Crippen molar-refractivity contribution in [2.45, 2.75) is 31.7 Å². The molecule has 3 N–H and O–H groups in total. The number of aryl methyl sites for hydroxylation is 1. The van der Waals surface area contributed by atoms with Gasteiger partial charge in [0.25, 0.3) is 5.56 Å². The molecule has 2 aliphatic rings. The van der Waals surface area contributed by atoms with Crippen molar-refractivity contribution in [3.05, 3.63) is 21.6 Å². The minimum Gasteiger partial charge on any atom is -0.341 e. The van der Waals surface area contributed by atoms with Crippen molar-refractivity contribution in [1.29, 1.82) is 0 Å². The van der Waals surface area contributed by atoms with Gasteiger partial charge in [0.15, 0.2) is 0 Å². The highest BCUT2D eigenvalue weighted by atomic mass is 16.1. The predicted octanol–water partition coefficient (Wildman–Crippen LogP) is -0.204. The molecule has 0 radical (unpaired) electrons.